The second kappa shape index (κ2) is 22.1. The van der Waals surface area contributed by atoms with Gasteiger partial charge in [0.15, 0.2) is 0 Å². The number of amides is 5. The van der Waals surface area contributed by atoms with Crippen LogP contribution in [0.15, 0.2) is 109 Å². The van der Waals surface area contributed by atoms with Crippen LogP contribution in [0.2, 0.25) is 0 Å². The number of rotatable bonds is 15. The van der Waals surface area contributed by atoms with Crippen LogP contribution >= 0.6 is 0 Å². The molecule has 358 valence electrons. The van der Waals surface area contributed by atoms with Crippen molar-refractivity contribution in [1.29, 1.82) is 0 Å². The molecule has 3 aliphatic heterocycles. The monoisotopic (exact) mass is 923 g/mol. The second-order valence-electron chi connectivity index (χ2n) is 18.9. The van der Waals surface area contributed by atoms with Crippen LogP contribution < -0.4 is 5.32 Å². The van der Waals surface area contributed by atoms with Gasteiger partial charge in [0.05, 0.1) is 0 Å². The van der Waals surface area contributed by atoms with E-state index in [1.165, 1.54) is 4.90 Å². The van der Waals surface area contributed by atoms with E-state index < -0.39 is 42.3 Å². The van der Waals surface area contributed by atoms with Crippen molar-refractivity contribution in [2.24, 2.45) is 5.92 Å². The molecule has 13 heteroatoms. The van der Waals surface area contributed by atoms with E-state index in [-0.39, 0.29) is 55.1 Å². The van der Waals surface area contributed by atoms with Gasteiger partial charge in [-0.1, -0.05) is 129 Å². The Labute approximate surface area is 400 Å². The number of hydrogen-bond acceptors (Lipinski definition) is 8. The highest BCUT2D eigenvalue weighted by atomic mass is 16.5. The van der Waals surface area contributed by atoms with Crippen LogP contribution in [0.5, 0.6) is 0 Å². The molecule has 1 N–H and O–H groups in total. The van der Waals surface area contributed by atoms with Crippen molar-refractivity contribution in [3.05, 3.63) is 131 Å². The predicted octanol–water partition coefficient (Wildman–Crippen LogP) is 7.51. The first kappa shape index (κ1) is 48.0. The number of ether oxygens (including phenoxy) is 2. The van der Waals surface area contributed by atoms with E-state index in [4.69, 9.17) is 9.47 Å². The van der Waals surface area contributed by atoms with Crippen molar-refractivity contribution in [1.82, 2.24) is 24.9 Å². The van der Waals surface area contributed by atoms with Gasteiger partial charge in [-0.05, 0) is 90.7 Å². The zero-order chi connectivity index (χ0) is 47.7. The Morgan fingerprint density at radius 2 is 1.18 bits per heavy atom. The highest BCUT2D eigenvalue weighted by Gasteiger charge is 2.46. The molecule has 4 aliphatic rings. The molecule has 68 heavy (non-hydrogen) atoms. The fraction of sp³-hybridized carbons (Fsp3) is 0.455. The van der Waals surface area contributed by atoms with Gasteiger partial charge in [-0.2, -0.15) is 0 Å². The van der Waals surface area contributed by atoms with Crippen LogP contribution in [0, 0.1) is 5.92 Å². The number of carbonyl (C=O) groups excluding carboxylic acids is 6. The van der Waals surface area contributed by atoms with Crippen LogP contribution in [0.25, 0.3) is 11.1 Å². The number of carbonyl (C=O) groups is 6. The molecular formula is C55H65N5O8. The van der Waals surface area contributed by atoms with Crippen molar-refractivity contribution in [2.75, 3.05) is 33.3 Å². The maximum Gasteiger partial charge on any atom is 0.407 e. The SMILES string of the molecule is CCC(C)[C@H](NC(=O)OCC1c2ccccc2-c2ccccc21)C(=O)N1CCCC[C@@H]1C(=O)N1CCCC[C@H]1C(=O)N(C)[C@H](Cc1ccccc1)C(=O)N1CCC[C@H]1C(=O)OCc1ccccc1. The summed E-state index contributed by atoms with van der Waals surface area (Å²) in [6, 6.07) is 30.7. The summed E-state index contributed by atoms with van der Waals surface area (Å²) < 4.78 is 11.6. The number of benzene rings is 4. The van der Waals surface area contributed by atoms with Crippen molar-refractivity contribution < 1.29 is 38.2 Å². The third kappa shape index (κ3) is 10.5. The van der Waals surface area contributed by atoms with Crippen LogP contribution in [-0.2, 0) is 46.5 Å². The van der Waals surface area contributed by atoms with Gasteiger partial charge in [-0.3, -0.25) is 19.2 Å². The quantitative estimate of drug-likeness (QED) is 0.121. The largest absolute Gasteiger partial charge is 0.459 e. The number of fused-ring (bicyclic) bond motifs is 3. The Balaban J connectivity index is 0.966. The molecule has 0 spiro atoms. The van der Waals surface area contributed by atoms with Gasteiger partial charge in [0.1, 0.15) is 43.4 Å². The lowest BCUT2D eigenvalue weighted by molar-refractivity contribution is -0.159. The molecule has 4 aromatic rings. The van der Waals surface area contributed by atoms with E-state index >= 15 is 0 Å². The Morgan fingerprint density at radius 3 is 1.82 bits per heavy atom. The first-order valence-corrected chi connectivity index (χ1v) is 24.6. The Kier molecular flexibility index (Phi) is 15.6. The van der Waals surface area contributed by atoms with Gasteiger partial charge in [-0.15, -0.1) is 0 Å². The van der Waals surface area contributed by atoms with E-state index in [2.05, 4.69) is 29.6 Å². The molecule has 13 nitrogen and oxygen atoms in total. The minimum absolute atomic E-state index is 0.0902. The van der Waals surface area contributed by atoms with Crippen molar-refractivity contribution in [3.63, 3.8) is 0 Å². The first-order chi connectivity index (χ1) is 33.0. The van der Waals surface area contributed by atoms with Crippen LogP contribution in [0.3, 0.4) is 0 Å². The predicted molar refractivity (Wildman–Crippen MR) is 258 cm³/mol. The van der Waals surface area contributed by atoms with Crippen LogP contribution in [0.1, 0.15) is 99.8 Å². The Bertz CT molecular complexity index is 2390. The molecule has 6 atom stereocenters. The number of alkyl carbamates (subject to hydrolysis) is 1. The molecule has 3 saturated heterocycles. The topological polar surface area (TPSA) is 146 Å². The summed E-state index contributed by atoms with van der Waals surface area (Å²) >= 11 is 0. The van der Waals surface area contributed by atoms with Gasteiger partial charge < -0.3 is 34.4 Å². The average Bonchev–Trinajstić information content (AvgIpc) is 4.01. The summed E-state index contributed by atoms with van der Waals surface area (Å²) in [7, 11) is 1.62. The van der Waals surface area contributed by atoms with Gasteiger partial charge in [-0.25, -0.2) is 9.59 Å². The molecule has 4 aromatic carbocycles. The molecule has 0 saturated carbocycles. The number of likely N-dealkylation sites (tertiary alicyclic amines) is 3. The average molecular weight is 924 g/mol. The van der Waals surface area contributed by atoms with Gasteiger partial charge in [0.2, 0.25) is 23.6 Å². The number of piperidine rings is 2. The number of hydrogen-bond donors (Lipinski definition) is 1. The first-order valence-electron chi connectivity index (χ1n) is 24.6. The highest BCUT2D eigenvalue weighted by Crippen LogP contribution is 2.44. The molecule has 3 heterocycles. The molecule has 1 unspecified atom stereocenters. The van der Waals surface area contributed by atoms with Crippen molar-refractivity contribution in [2.45, 2.75) is 121 Å². The molecule has 3 fully saturated rings. The molecule has 0 radical (unpaired) electrons. The smallest absolute Gasteiger partial charge is 0.407 e. The van der Waals surface area contributed by atoms with Crippen molar-refractivity contribution in [3.8, 4) is 11.1 Å². The zero-order valence-corrected chi connectivity index (χ0v) is 39.6. The molecule has 5 amide bonds. The summed E-state index contributed by atoms with van der Waals surface area (Å²) in [6.45, 7) is 5.07. The van der Waals surface area contributed by atoms with Crippen LogP contribution in [0.4, 0.5) is 4.79 Å². The summed E-state index contributed by atoms with van der Waals surface area (Å²) in [5.41, 5.74) is 6.10. The van der Waals surface area contributed by atoms with E-state index in [0.29, 0.717) is 71.0 Å². The van der Waals surface area contributed by atoms with E-state index in [1.54, 1.807) is 21.7 Å². The van der Waals surface area contributed by atoms with E-state index in [0.717, 1.165) is 39.8 Å². The minimum Gasteiger partial charge on any atom is -0.459 e. The summed E-state index contributed by atoms with van der Waals surface area (Å²) in [5, 5.41) is 2.91. The third-order valence-corrected chi connectivity index (χ3v) is 14.6. The van der Waals surface area contributed by atoms with Crippen LogP contribution in [-0.4, -0.2) is 119 Å². The van der Waals surface area contributed by atoms with E-state index in [1.807, 2.05) is 98.8 Å². The van der Waals surface area contributed by atoms with Crippen molar-refractivity contribution >= 4 is 35.7 Å². The Hall–Kier alpha value is -6.50. The highest BCUT2D eigenvalue weighted by molar-refractivity contribution is 5.96. The standard InChI is InChI=1S/C55H65N5O8/c1-4-37(2)49(56-55(66)68-36-44-42-26-13-11-24-40(42)41-25-12-14-27-43(41)44)53(64)59-32-18-16-29-46(59)51(62)58-31-17-15-28-45(58)50(61)57(3)48(34-38-20-7-5-8-21-38)52(63)60-33-19-30-47(60)54(65)67-35-39-22-9-6-10-23-39/h5-14,20-27,37,44-49H,4,15-19,28-36H2,1-3H3,(H,56,66)/t37?,45-,46+,47-,48+,49-/m0/s1. The van der Waals surface area contributed by atoms with E-state index in [9.17, 15) is 28.8 Å². The maximum absolute atomic E-state index is 14.9. The minimum atomic E-state index is -0.959. The number of esters is 1. The van der Waals surface area contributed by atoms with Gasteiger partial charge in [0, 0.05) is 39.0 Å². The summed E-state index contributed by atoms with van der Waals surface area (Å²) in [4.78, 5) is 92.8. The second-order valence-corrected chi connectivity index (χ2v) is 18.9. The normalized spacial score (nSPS) is 20.3. The molecule has 1 aliphatic carbocycles. The molecule has 8 rings (SSSR count). The Morgan fingerprint density at radius 1 is 0.632 bits per heavy atom. The molecule has 0 bridgehead atoms. The lowest BCUT2D eigenvalue weighted by Crippen LogP contribution is -2.63. The third-order valence-electron chi connectivity index (χ3n) is 14.6. The molecular weight excluding hydrogens is 859 g/mol. The fourth-order valence-corrected chi connectivity index (χ4v) is 10.6. The lowest BCUT2D eigenvalue weighted by atomic mass is 9.92. The lowest BCUT2D eigenvalue weighted by Gasteiger charge is -2.44. The van der Waals surface area contributed by atoms with Gasteiger partial charge >= 0.3 is 12.1 Å². The van der Waals surface area contributed by atoms with Gasteiger partial charge in [0.25, 0.3) is 0 Å². The maximum atomic E-state index is 14.9. The summed E-state index contributed by atoms with van der Waals surface area (Å²) in [6.07, 6.45) is 4.81. The number of likely N-dealkylation sites (N-methyl/N-ethyl adjacent to an activating group) is 1. The number of nitrogens with zero attached hydrogens (tertiary/aromatic N) is 4. The number of nitrogens with one attached hydrogen (secondary N) is 1. The zero-order valence-electron chi connectivity index (χ0n) is 39.6. The summed E-state index contributed by atoms with van der Waals surface area (Å²) in [5.74, 6) is -2.25. The fourth-order valence-electron chi connectivity index (χ4n) is 10.6. The molecule has 0 aromatic heterocycles.